The van der Waals surface area contributed by atoms with Crippen LogP contribution in [-0.4, -0.2) is 61.3 Å². The molecule has 1 aliphatic heterocycles. The first-order valence-electron chi connectivity index (χ1n) is 10.7. The molecule has 158 valence electrons. The molecule has 0 aliphatic carbocycles. The maximum atomic E-state index is 10.5. The quantitative estimate of drug-likeness (QED) is 0.423. The fraction of sp³-hybridized carbons (Fsp3) is 0.682. The van der Waals surface area contributed by atoms with Gasteiger partial charge in [0.1, 0.15) is 5.75 Å². The van der Waals surface area contributed by atoms with Crippen LogP contribution in [0, 0.1) is 5.92 Å². The highest BCUT2D eigenvalue weighted by molar-refractivity contribution is 5.79. The Hall–Kier alpha value is -1.79. The molecule has 6 heteroatoms. The molecule has 1 fully saturated rings. The minimum atomic E-state index is -0.598. The lowest BCUT2D eigenvalue weighted by atomic mass is 10.1. The van der Waals surface area contributed by atoms with Crippen LogP contribution < -0.4 is 15.4 Å². The second-order valence-electron chi connectivity index (χ2n) is 7.96. The standard InChI is InChI=1S/C22H38N4O2/c1-5-23-22(24-14-18(4)16-26-12-6-7-13-26)25-15-21(27)19-8-10-20(11-9-19)28-17(2)3/h8-11,17-18,21,27H,5-7,12-16H2,1-4H3,(H2,23,24,25). The SMILES string of the molecule is CCNC(=NCC(C)CN1CCCC1)NCC(O)c1ccc(OC(C)C)cc1. The Balaban J connectivity index is 1.81. The van der Waals surface area contributed by atoms with E-state index in [2.05, 4.69) is 29.4 Å². The molecular weight excluding hydrogens is 352 g/mol. The van der Waals surface area contributed by atoms with Gasteiger partial charge in [-0.05, 0) is 70.3 Å². The average Bonchev–Trinajstić information content (AvgIpc) is 3.17. The van der Waals surface area contributed by atoms with Gasteiger partial charge in [0.15, 0.2) is 5.96 Å². The smallest absolute Gasteiger partial charge is 0.191 e. The zero-order chi connectivity index (χ0) is 20.4. The molecule has 6 nitrogen and oxygen atoms in total. The minimum absolute atomic E-state index is 0.143. The van der Waals surface area contributed by atoms with Crippen LogP contribution in [0.1, 0.15) is 52.2 Å². The Morgan fingerprint density at radius 3 is 2.43 bits per heavy atom. The zero-order valence-corrected chi connectivity index (χ0v) is 17.9. The molecule has 0 bridgehead atoms. The van der Waals surface area contributed by atoms with Crippen LogP contribution in [0.2, 0.25) is 0 Å². The number of hydrogen-bond acceptors (Lipinski definition) is 4. The van der Waals surface area contributed by atoms with Gasteiger partial charge < -0.3 is 25.4 Å². The highest BCUT2D eigenvalue weighted by Crippen LogP contribution is 2.18. The fourth-order valence-corrected chi connectivity index (χ4v) is 3.40. The predicted octanol–water partition coefficient (Wildman–Crippen LogP) is 2.79. The molecule has 2 rings (SSSR count). The molecule has 28 heavy (non-hydrogen) atoms. The number of aliphatic hydroxyl groups excluding tert-OH is 1. The number of rotatable bonds is 10. The predicted molar refractivity (Wildman–Crippen MR) is 116 cm³/mol. The molecule has 3 N–H and O–H groups in total. The van der Waals surface area contributed by atoms with Crippen molar-refractivity contribution in [2.24, 2.45) is 10.9 Å². The number of guanidine groups is 1. The van der Waals surface area contributed by atoms with E-state index in [9.17, 15) is 5.11 Å². The average molecular weight is 391 g/mol. The molecule has 0 radical (unpaired) electrons. The van der Waals surface area contributed by atoms with E-state index in [1.54, 1.807) is 0 Å². The van der Waals surface area contributed by atoms with Crippen LogP contribution in [0.3, 0.4) is 0 Å². The maximum Gasteiger partial charge on any atom is 0.191 e. The highest BCUT2D eigenvalue weighted by Gasteiger charge is 2.15. The van der Waals surface area contributed by atoms with E-state index >= 15 is 0 Å². The topological polar surface area (TPSA) is 69.1 Å². The lowest BCUT2D eigenvalue weighted by Crippen LogP contribution is -2.40. The van der Waals surface area contributed by atoms with Crippen LogP contribution in [0.15, 0.2) is 29.3 Å². The minimum Gasteiger partial charge on any atom is -0.491 e. The van der Waals surface area contributed by atoms with E-state index in [0.29, 0.717) is 12.5 Å². The van der Waals surface area contributed by atoms with Crippen molar-refractivity contribution in [3.8, 4) is 5.75 Å². The summed E-state index contributed by atoms with van der Waals surface area (Å²) in [5, 5.41) is 17.0. The molecule has 0 saturated carbocycles. The monoisotopic (exact) mass is 390 g/mol. The van der Waals surface area contributed by atoms with Crippen molar-refractivity contribution in [1.29, 1.82) is 0 Å². The Morgan fingerprint density at radius 1 is 1.14 bits per heavy atom. The number of aliphatic imine (C=N–C) groups is 1. The zero-order valence-electron chi connectivity index (χ0n) is 17.9. The van der Waals surface area contributed by atoms with Crippen molar-refractivity contribution >= 4 is 5.96 Å². The number of likely N-dealkylation sites (tertiary alicyclic amines) is 1. The highest BCUT2D eigenvalue weighted by atomic mass is 16.5. The number of aliphatic hydroxyl groups is 1. The fourth-order valence-electron chi connectivity index (χ4n) is 3.40. The Labute approximate surface area is 170 Å². The van der Waals surface area contributed by atoms with Gasteiger partial charge in [-0.3, -0.25) is 4.99 Å². The first-order valence-corrected chi connectivity index (χ1v) is 10.7. The Bertz CT molecular complexity index is 583. The second-order valence-corrected chi connectivity index (χ2v) is 7.96. The van der Waals surface area contributed by atoms with Crippen LogP contribution in [0.5, 0.6) is 5.75 Å². The van der Waals surface area contributed by atoms with Gasteiger partial charge in [0.25, 0.3) is 0 Å². The summed E-state index contributed by atoms with van der Waals surface area (Å²) in [6, 6.07) is 7.62. The van der Waals surface area contributed by atoms with Gasteiger partial charge in [-0.1, -0.05) is 19.1 Å². The summed E-state index contributed by atoms with van der Waals surface area (Å²) < 4.78 is 5.65. The normalized spacial score (nSPS) is 17.6. The van der Waals surface area contributed by atoms with E-state index in [1.807, 2.05) is 38.1 Å². The maximum absolute atomic E-state index is 10.5. The molecule has 2 atom stereocenters. The molecule has 0 amide bonds. The third-order valence-electron chi connectivity index (χ3n) is 4.77. The number of nitrogens with zero attached hydrogens (tertiary/aromatic N) is 2. The summed E-state index contributed by atoms with van der Waals surface area (Å²) >= 11 is 0. The van der Waals surface area contributed by atoms with Gasteiger partial charge in [0.05, 0.1) is 12.2 Å². The summed E-state index contributed by atoms with van der Waals surface area (Å²) in [5.74, 6) is 2.10. The van der Waals surface area contributed by atoms with E-state index in [-0.39, 0.29) is 6.10 Å². The molecular formula is C22H38N4O2. The number of benzene rings is 1. The van der Waals surface area contributed by atoms with Crippen molar-refractivity contribution < 1.29 is 9.84 Å². The van der Waals surface area contributed by atoms with Crippen molar-refractivity contribution in [2.75, 3.05) is 39.3 Å². The Morgan fingerprint density at radius 2 is 1.82 bits per heavy atom. The summed E-state index contributed by atoms with van der Waals surface area (Å²) in [7, 11) is 0. The van der Waals surface area contributed by atoms with Gasteiger partial charge in [-0.2, -0.15) is 0 Å². The van der Waals surface area contributed by atoms with Crippen LogP contribution >= 0.6 is 0 Å². The number of hydrogen-bond donors (Lipinski definition) is 3. The number of nitrogens with one attached hydrogen (secondary N) is 2. The van der Waals surface area contributed by atoms with E-state index in [1.165, 1.54) is 25.9 Å². The second kappa shape index (κ2) is 11.9. The van der Waals surface area contributed by atoms with E-state index < -0.39 is 6.10 Å². The van der Waals surface area contributed by atoms with E-state index in [4.69, 9.17) is 9.73 Å². The van der Waals surface area contributed by atoms with Crippen molar-refractivity contribution in [1.82, 2.24) is 15.5 Å². The van der Waals surface area contributed by atoms with Crippen molar-refractivity contribution in [2.45, 2.75) is 52.7 Å². The molecule has 1 heterocycles. The summed E-state index contributed by atoms with van der Waals surface area (Å²) in [6.07, 6.45) is 2.19. The summed E-state index contributed by atoms with van der Waals surface area (Å²) in [4.78, 5) is 7.23. The van der Waals surface area contributed by atoms with Crippen LogP contribution in [-0.2, 0) is 0 Å². The molecule has 0 spiro atoms. The summed E-state index contributed by atoms with van der Waals surface area (Å²) in [6.45, 7) is 13.8. The van der Waals surface area contributed by atoms with Gasteiger partial charge >= 0.3 is 0 Å². The van der Waals surface area contributed by atoms with Crippen LogP contribution in [0.25, 0.3) is 0 Å². The first kappa shape index (κ1) is 22.5. The molecule has 1 aliphatic rings. The first-order chi connectivity index (χ1) is 13.5. The van der Waals surface area contributed by atoms with Crippen molar-refractivity contribution in [3.63, 3.8) is 0 Å². The molecule has 1 aromatic rings. The molecule has 1 saturated heterocycles. The van der Waals surface area contributed by atoms with Gasteiger partial charge in [-0.25, -0.2) is 0 Å². The third kappa shape index (κ3) is 8.07. The van der Waals surface area contributed by atoms with Gasteiger partial charge in [-0.15, -0.1) is 0 Å². The van der Waals surface area contributed by atoms with Crippen molar-refractivity contribution in [3.05, 3.63) is 29.8 Å². The number of ether oxygens (including phenoxy) is 1. The van der Waals surface area contributed by atoms with Crippen LogP contribution in [0.4, 0.5) is 0 Å². The lowest BCUT2D eigenvalue weighted by Gasteiger charge is -2.20. The molecule has 1 aromatic carbocycles. The molecule has 0 aromatic heterocycles. The Kier molecular flexibility index (Phi) is 9.58. The lowest BCUT2D eigenvalue weighted by molar-refractivity contribution is 0.180. The molecule has 2 unspecified atom stereocenters. The summed E-state index contributed by atoms with van der Waals surface area (Å²) in [5.41, 5.74) is 0.863. The van der Waals surface area contributed by atoms with E-state index in [0.717, 1.165) is 36.9 Å². The van der Waals surface area contributed by atoms with Gasteiger partial charge in [0.2, 0.25) is 0 Å². The third-order valence-corrected chi connectivity index (χ3v) is 4.77. The largest absolute Gasteiger partial charge is 0.491 e. The van der Waals surface area contributed by atoms with Gasteiger partial charge in [0, 0.05) is 26.2 Å².